The SMILES string of the molecule is O=C(CCc1ccccc1)N1CCC(CNc2ccccc2)(c2ccccc2)CC1. The Bertz CT molecular complexity index is 917. The van der Waals surface area contributed by atoms with Crippen molar-refractivity contribution in [2.45, 2.75) is 31.1 Å². The third-order valence-electron chi connectivity index (χ3n) is 6.33. The Morgan fingerprint density at radius 3 is 2.00 bits per heavy atom. The average molecular weight is 399 g/mol. The third-order valence-corrected chi connectivity index (χ3v) is 6.33. The first-order chi connectivity index (χ1) is 14.8. The lowest BCUT2D eigenvalue weighted by Crippen LogP contribution is -2.48. The molecule has 3 nitrogen and oxygen atoms in total. The summed E-state index contributed by atoms with van der Waals surface area (Å²) < 4.78 is 0. The first-order valence-electron chi connectivity index (χ1n) is 10.9. The molecule has 30 heavy (non-hydrogen) atoms. The molecule has 0 aliphatic carbocycles. The summed E-state index contributed by atoms with van der Waals surface area (Å²) in [6, 6.07) is 31.5. The normalized spacial score (nSPS) is 15.5. The van der Waals surface area contributed by atoms with Crippen LogP contribution in [0.4, 0.5) is 5.69 Å². The van der Waals surface area contributed by atoms with Gasteiger partial charge in [0, 0.05) is 37.2 Å². The van der Waals surface area contributed by atoms with Crippen LogP contribution in [-0.4, -0.2) is 30.4 Å². The van der Waals surface area contributed by atoms with Gasteiger partial charge in [-0.05, 0) is 42.5 Å². The molecule has 3 aromatic carbocycles. The molecular formula is C27H30N2O. The third kappa shape index (κ3) is 4.91. The molecule has 0 atom stereocenters. The van der Waals surface area contributed by atoms with E-state index in [9.17, 15) is 4.79 Å². The Kier molecular flexibility index (Phi) is 6.48. The second-order valence-electron chi connectivity index (χ2n) is 8.23. The molecule has 0 unspecified atom stereocenters. The number of carbonyl (C=O) groups is 1. The van der Waals surface area contributed by atoms with E-state index in [1.54, 1.807) is 0 Å². The van der Waals surface area contributed by atoms with Gasteiger partial charge >= 0.3 is 0 Å². The van der Waals surface area contributed by atoms with Gasteiger partial charge in [-0.25, -0.2) is 0 Å². The fourth-order valence-corrected chi connectivity index (χ4v) is 4.42. The fraction of sp³-hybridized carbons (Fsp3) is 0.296. The maximum Gasteiger partial charge on any atom is 0.222 e. The highest BCUT2D eigenvalue weighted by Crippen LogP contribution is 2.36. The van der Waals surface area contributed by atoms with Crippen LogP contribution in [0.1, 0.15) is 30.4 Å². The largest absolute Gasteiger partial charge is 0.384 e. The number of carbonyl (C=O) groups excluding carboxylic acids is 1. The lowest BCUT2D eigenvalue weighted by Gasteiger charge is -2.42. The summed E-state index contributed by atoms with van der Waals surface area (Å²) in [7, 11) is 0. The standard InChI is InChI=1S/C27H30N2O/c30-26(17-16-23-10-4-1-5-11-23)29-20-18-27(19-21-29,24-12-6-2-7-13-24)22-28-25-14-8-3-9-15-25/h1-15,28H,16-22H2. The Balaban J connectivity index is 1.40. The Labute approximate surface area is 179 Å². The molecular weight excluding hydrogens is 368 g/mol. The number of aryl methyl sites for hydroxylation is 1. The van der Waals surface area contributed by atoms with Crippen molar-refractivity contribution < 1.29 is 4.79 Å². The monoisotopic (exact) mass is 398 g/mol. The summed E-state index contributed by atoms with van der Waals surface area (Å²) in [6.45, 7) is 2.52. The van der Waals surface area contributed by atoms with Gasteiger partial charge in [-0.15, -0.1) is 0 Å². The molecule has 1 aliphatic rings. The van der Waals surface area contributed by atoms with E-state index in [0.717, 1.165) is 44.6 Å². The molecule has 0 radical (unpaired) electrons. The van der Waals surface area contributed by atoms with Crippen LogP contribution in [0.2, 0.25) is 0 Å². The Morgan fingerprint density at radius 1 is 0.800 bits per heavy atom. The van der Waals surface area contributed by atoms with Gasteiger partial charge in [0.1, 0.15) is 0 Å². The highest BCUT2D eigenvalue weighted by molar-refractivity contribution is 5.76. The summed E-state index contributed by atoms with van der Waals surface area (Å²) in [5, 5.41) is 3.64. The molecule has 154 valence electrons. The minimum Gasteiger partial charge on any atom is -0.384 e. The molecule has 3 aromatic rings. The number of rotatable bonds is 7. The van der Waals surface area contributed by atoms with E-state index in [-0.39, 0.29) is 11.3 Å². The zero-order chi connectivity index (χ0) is 20.7. The lowest BCUT2D eigenvalue weighted by atomic mass is 9.72. The zero-order valence-electron chi connectivity index (χ0n) is 17.5. The van der Waals surface area contributed by atoms with E-state index >= 15 is 0 Å². The van der Waals surface area contributed by atoms with Crippen molar-refractivity contribution in [3.63, 3.8) is 0 Å². The number of nitrogens with zero attached hydrogens (tertiary/aromatic N) is 1. The first-order valence-corrected chi connectivity index (χ1v) is 10.9. The molecule has 0 spiro atoms. The van der Waals surface area contributed by atoms with Gasteiger partial charge in [0.05, 0.1) is 0 Å². The van der Waals surface area contributed by atoms with E-state index < -0.39 is 0 Å². The van der Waals surface area contributed by atoms with E-state index in [0.29, 0.717) is 6.42 Å². The lowest BCUT2D eigenvalue weighted by molar-refractivity contribution is -0.132. The molecule has 1 aliphatic heterocycles. The summed E-state index contributed by atoms with van der Waals surface area (Å²) in [5.41, 5.74) is 3.79. The van der Waals surface area contributed by atoms with Gasteiger partial charge in [-0.2, -0.15) is 0 Å². The highest BCUT2D eigenvalue weighted by atomic mass is 16.2. The molecule has 1 saturated heterocycles. The van der Waals surface area contributed by atoms with Crippen molar-refractivity contribution in [1.29, 1.82) is 0 Å². The minimum atomic E-state index is 0.0489. The predicted octanol–water partition coefficient (Wildman–Crippen LogP) is 5.29. The number of likely N-dealkylation sites (tertiary alicyclic amines) is 1. The molecule has 3 heteroatoms. The van der Waals surface area contributed by atoms with Gasteiger partial charge in [-0.1, -0.05) is 78.9 Å². The summed E-state index contributed by atoms with van der Waals surface area (Å²) in [5.74, 6) is 0.275. The number of anilines is 1. The van der Waals surface area contributed by atoms with E-state index in [1.165, 1.54) is 11.1 Å². The van der Waals surface area contributed by atoms with Gasteiger partial charge in [0.2, 0.25) is 5.91 Å². The van der Waals surface area contributed by atoms with Crippen molar-refractivity contribution in [2.75, 3.05) is 25.0 Å². The Morgan fingerprint density at radius 2 is 1.37 bits per heavy atom. The molecule has 1 amide bonds. The van der Waals surface area contributed by atoms with Crippen LogP contribution in [0.3, 0.4) is 0 Å². The number of nitrogens with one attached hydrogen (secondary N) is 1. The second kappa shape index (κ2) is 9.62. The number of piperidine rings is 1. The van der Waals surface area contributed by atoms with Gasteiger partial charge in [-0.3, -0.25) is 4.79 Å². The van der Waals surface area contributed by atoms with Gasteiger partial charge in [0.15, 0.2) is 0 Å². The van der Waals surface area contributed by atoms with Crippen molar-refractivity contribution in [3.8, 4) is 0 Å². The quantitative estimate of drug-likeness (QED) is 0.586. The van der Waals surface area contributed by atoms with E-state index in [2.05, 4.69) is 76.9 Å². The van der Waals surface area contributed by atoms with Crippen LogP contribution < -0.4 is 5.32 Å². The average Bonchev–Trinajstić information content (AvgIpc) is 2.83. The van der Waals surface area contributed by atoms with Crippen molar-refractivity contribution >= 4 is 11.6 Å². The number of amides is 1. The summed E-state index contributed by atoms with van der Waals surface area (Å²) >= 11 is 0. The Hall–Kier alpha value is -3.07. The van der Waals surface area contributed by atoms with Crippen LogP contribution in [0.25, 0.3) is 0 Å². The molecule has 0 bridgehead atoms. The van der Waals surface area contributed by atoms with E-state index in [4.69, 9.17) is 0 Å². The van der Waals surface area contributed by atoms with Crippen LogP contribution in [-0.2, 0) is 16.6 Å². The zero-order valence-corrected chi connectivity index (χ0v) is 17.5. The highest BCUT2D eigenvalue weighted by Gasteiger charge is 2.37. The van der Waals surface area contributed by atoms with Gasteiger partial charge < -0.3 is 10.2 Å². The molecule has 1 heterocycles. The predicted molar refractivity (Wildman–Crippen MR) is 124 cm³/mol. The van der Waals surface area contributed by atoms with Crippen LogP contribution in [0.15, 0.2) is 91.0 Å². The number of para-hydroxylation sites is 1. The van der Waals surface area contributed by atoms with Gasteiger partial charge in [0.25, 0.3) is 0 Å². The van der Waals surface area contributed by atoms with Crippen LogP contribution in [0, 0.1) is 0 Å². The maximum atomic E-state index is 12.8. The molecule has 0 aromatic heterocycles. The van der Waals surface area contributed by atoms with Crippen LogP contribution in [0.5, 0.6) is 0 Å². The van der Waals surface area contributed by atoms with E-state index in [1.807, 2.05) is 24.3 Å². The first kappa shape index (κ1) is 20.2. The second-order valence-corrected chi connectivity index (χ2v) is 8.23. The molecule has 1 fully saturated rings. The molecule has 0 saturated carbocycles. The fourth-order valence-electron chi connectivity index (χ4n) is 4.42. The minimum absolute atomic E-state index is 0.0489. The maximum absolute atomic E-state index is 12.8. The molecule has 4 rings (SSSR count). The van der Waals surface area contributed by atoms with Crippen molar-refractivity contribution in [2.24, 2.45) is 0 Å². The van der Waals surface area contributed by atoms with Crippen LogP contribution >= 0.6 is 0 Å². The molecule has 1 N–H and O–H groups in total. The number of hydrogen-bond donors (Lipinski definition) is 1. The van der Waals surface area contributed by atoms with Crippen molar-refractivity contribution in [3.05, 3.63) is 102 Å². The van der Waals surface area contributed by atoms with Crippen molar-refractivity contribution in [1.82, 2.24) is 4.90 Å². The number of benzene rings is 3. The topological polar surface area (TPSA) is 32.3 Å². The number of hydrogen-bond acceptors (Lipinski definition) is 2. The summed E-state index contributed by atoms with van der Waals surface area (Å²) in [4.78, 5) is 14.9. The smallest absolute Gasteiger partial charge is 0.222 e. The summed E-state index contributed by atoms with van der Waals surface area (Å²) in [6.07, 6.45) is 3.36.